The van der Waals surface area contributed by atoms with Crippen LogP contribution in [0.3, 0.4) is 0 Å². The Morgan fingerprint density at radius 3 is 2.46 bits per heavy atom. The third kappa shape index (κ3) is 4.17. The highest BCUT2D eigenvalue weighted by Gasteiger charge is 2.25. The Morgan fingerprint density at radius 2 is 1.88 bits per heavy atom. The molecule has 1 aliphatic heterocycles. The van der Waals surface area contributed by atoms with Crippen molar-refractivity contribution < 1.29 is 19.0 Å². The molecular formula is C19H24N2O4S. The van der Waals surface area contributed by atoms with Crippen LogP contribution in [0.4, 0.5) is 0 Å². The predicted molar refractivity (Wildman–Crippen MR) is 101 cm³/mol. The standard InChI is InChI=1S/C19H24N2O4S/c1-23-15-5-3-6-16(24-2)18(15)19(22)20-13-14(17-7-4-12-26-17)21-8-10-25-11-9-21/h3-7,12,14H,8-11,13H2,1-2H3,(H,20,22)/t14-/m1/s1. The number of benzene rings is 1. The zero-order valence-electron chi connectivity index (χ0n) is 15.1. The fourth-order valence-corrected chi connectivity index (χ4v) is 3.99. The molecular weight excluding hydrogens is 352 g/mol. The number of amides is 1. The quantitative estimate of drug-likeness (QED) is 0.805. The molecule has 1 amide bonds. The molecule has 0 unspecified atom stereocenters. The largest absolute Gasteiger partial charge is 0.496 e. The summed E-state index contributed by atoms with van der Waals surface area (Å²) < 4.78 is 16.1. The third-order valence-electron chi connectivity index (χ3n) is 4.47. The van der Waals surface area contributed by atoms with Gasteiger partial charge in [-0.15, -0.1) is 11.3 Å². The molecule has 1 N–H and O–H groups in total. The number of carbonyl (C=O) groups excluding carboxylic acids is 1. The van der Waals surface area contributed by atoms with E-state index in [9.17, 15) is 4.79 Å². The van der Waals surface area contributed by atoms with E-state index in [0.29, 0.717) is 23.6 Å². The first-order valence-corrected chi connectivity index (χ1v) is 9.47. The van der Waals surface area contributed by atoms with Crippen molar-refractivity contribution in [1.82, 2.24) is 10.2 Å². The first kappa shape index (κ1) is 18.7. The van der Waals surface area contributed by atoms with Crippen molar-refractivity contribution in [1.29, 1.82) is 0 Å². The Labute approximate surface area is 157 Å². The van der Waals surface area contributed by atoms with Gasteiger partial charge in [0.05, 0.1) is 33.5 Å². The van der Waals surface area contributed by atoms with Gasteiger partial charge in [-0.25, -0.2) is 0 Å². The fraction of sp³-hybridized carbons (Fsp3) is 0.421. The van der Waals surface area contributed by atoms with E-state index in [1.165, 1.54) is 4.88 Å². The molecule has 6 nitrogen and oxygen atoms in total. The first-order chi connectivity index (χ1) is 12.7. The van der Waals surface area contributed by atoms with Gasteiger partial charge in [-0.2, -0.15) is 0 Å². The summed E-state index contributed by atoms with van der Waals surface area (Å²) in [5.41, 5.74) is 0.421. The van der Waals surface area contributed by atoms with Crippen molar-refractivity contribution in [3.8, 4) is 11.5 Å². The molecule has 1 fully saturated rings. The summed E-state index contributed by atoms with van der Waals surface area (Å²) in [6.07, 6.45) is 0. The highest BCUT2D eigenvalue weighted by Crippen LogP contribution is 2.29. The molecule has 1 atom stereocenters. The molecule has 1 aromatic heterocycles. The number of thiophene rings is 1. The molecule has 2 aromatic rings. The van der Waals surface area contributed by atoms with Gasteiger partial charge in [0.1, 0.15) is 17.1 Å². The monoisotopic (exact) mass is 376 g/mol. The lowest BCUT2D eigenvalue weighted by molar-refractivity contribution is 0.0169. The van der Waals surface area contributed by atoms with Crippen LogP contribution >= 0.6 is 11.3 Å². The molecule has 0 saturated carbocycles. The Morgan fingerprint density at radius 1 is 1.19 bits per heavy atom. The SMILES string of the molecule is COc1cccc(OC)c1C(=O)NC[C@H](c1cccs1)N1CCOCC1. The minimum Gasteiger partial charge on any atom is -0.496 e. The fourth-order valence-electron chi connectivity index (χ4n) is 3.13. The number of ether oxygens (including phenoxy) is 3. The van der Waals surface area contributed by atoms with Gasteiger partial charge in [-0.1, -0.05) is 12.1 Å². The number of hydrogen-bond acceptors (Lipinski definition) is 6. The summed E-state index contributed by atoms with van der Waals surface area (Å²) in [5.74, 6) is 0.802. The first-order valence-electron chi connectivity index (χ1n) is 8.59. The van der Waals surface area contributed by atoms with Gasteiger partial charge in [-0.05, 0) is 23.6 Å². The van der Waals surface area contributed by atoms with E-state index in [1.807, 2.05) is 6.07 Å². The minimum atomic E-state index is -0.200. The van der Waals surface area contributed by atoms with Crippen molar-refractivity contribution in [2.45, 2.75) is 6.04 Å². The van der Waals surface area contributed by atoms with Crippen molar-refractivity contribution in [2.75, 3.05) is 47.1 Å². The van der Waals surface area contributed by atoms with Gasteiger partial charge in [0, 0.05) is 24.5 Å². The lowest BCUT2D eigenvalue weighted by Crippen LogP contribution is -2.43. The summed E-state index contributed by atoms with van der Waals surface area (Å²) in [6.45, 7) is 3.67. The maximum atomic E-state index is 12.9. The van der Waals surface area contributed by atoms with Gasteiger partial charge >= 0.3 is 0 Å². The van der Waals surface area contributed by atoms with Gasteiger partial charge in [-0.3, -0.25) is 9.69 Å². The topological polar surface area (TPSA) is 60.0 Å². The van der Waals surface area contributed by atoms with E-state index in [-0.39, 0.29) is 11.9 Å². The zero-order chi connectivity index (χ0) is 18.4. The van der Waals surface area contributed by atoms with E-state index in [2.05, 4.69) is 21.7 Å². The van der Waals surface area contributed by atoms with Crippen LogP contribution in [0.25, 0.3) is 0 Å². The highest BCUT2D eigenvalue weighted by molar-refractivity contribution is 7.10. The summed E-state index contributed by atoms with van der Waals surface area (Å²) in [5, 5.41) is 5.12. The zero-order valence-corrected chi connectivity index (χ0v) is 15.9. The van der Waals surface area contributed by atoms with Crippen LogP contribution in [-0.2, 0) is 4.74 Å². The van der Waals surface area contributed by atoms with Gasteiger partial charge in [0.2, 0.25) is 0 Å². The molecule has 2 heterocycles. The number of methoxy groups -OCH3 is 2. The lowest BCUT2D eigenvalue weighted by atomic mass is 10.1. The Hall–Kier alpha value is -2.09. The second-order valence-corrected chi connectivity index (χ2v) is 6.91. The minimum absolute atomic E-state index is 0.128. The third-order valence-corrected chi connectivity index (χ3v) is 5.44. The van der Waals surface area contributed by atoms with E-state index in [0.717, 1.165) is 26.3 Å². The number of hydrogen-bond donors (Lipinski definition) is 1. The summed E-state index contributed by atoms with van der Waals surface area (Å²) in [7, 11) is 3.10. The Bertz CT molecular complexity index is 692. The van der Waals surface area contributed by atoms with Gasteiger partial charge in [0.25, 0.3) is 5.91 Å². The van der Waals surface area contributed by atoms with Crippen LogP contribution in [0, 0.1) is 0 Å². The average molecular weight is 376 g/mol. The van der Waals surface area contributed by atoms with Crippen LogP contribution in [0.1, 0.15) is 21.3 Å². The second-order valence-electron chi connectivity index (χ2n) is 5.93. The van der Waals surface area contributed by atoms with Crippen LogP contribution in [-0.4, -0.2) is 57.9 Å². The Kier molecular flexibility index (Phi) is 6.49. The molecule has 1 aliphatic rings. The van der Waals surface area contributed by atoms with Crippen LogP contribution < -0.4 is 14.8 Å². The van der Waals surface area contributed by atoms with Crippen molar-refractivity contribution in [3.05, 3.63) is 46.2 Å². The number of nitrogens with zero attached hydrogens (tertiary/aromatic N) is 1. The molecule has 140 valence electrons. The van der Waals surface area contributed by atoms with Crippen molar-refractivity contribution >= 4 is 17.2 Å². The highest BCUT2D eigenvalue weighted by atomic mass is 32.1. The molecule has 3 rings (SSSR count). The molecule has 26 heavy (non-hydrogen) atoms. The molecule has 0 bridgehead atoms. The van der Waals surface area contributed by atoms with Gasteiger partial charge < -0.3 is 19.5 Å². The normalized spacial score (nSPS) is 16.1. The van der Waals surface area contributed by atoms with E-state index in [1.54, 1.807) is 43.8 Å². The smallest absolute Gasteiger partial charge is 0.258 e. The molecule has 7 heteroatoms. The van der Waals surface area contributed by atoms with Crippen LogP contribution in [0.2, 0.25) is 0 Å². The van der Waals surface area contributed by atoms with Crippen LogP contribution in [0.5, 0.6) is 11.5 Å². The molecule has 0 radical (unpaired) electrons. The lowest BCUT2D eigenvalue weighted by Gasteiger charge is -2.34. The maximum Gasteiger partial charge on any atom is 0.258 e. The van der Waals surface area contributed by atoms with Crippen LogP contribution in [0.15, 0.2) is 35.7 Å². The van der Waals surface area contributed by atoms with E-state index >= 15 is 0 Å². The Balaban J connectivity index is 1.76. The van der Waals surface area contributed by atoms with E-state index < -0.39 is 0 Å². The number of carbonyl (C=O) groups is 1. The number of morpholine rings is 1. The maximum absolute atomic E-state index is 12.9. The van der Waals surface area contributed by atoms with Crippen molar-refractivity contribution in [2.24, 2.45) is 0 Å². The summed E-state index contributed by atoms with van der Waals surface area (Å²) >= 11 is 1.70. The average Bonchev–Trinajstić information content (AvgIpc) is 3.22. The van der Waals surface area contributed by atoms with E-state index in [4.69, 9.17) is 14.2 Å². The summed E-state index contributed by atoms with van der Waals surface area (Å²) in [6, 6.07) is 9.60. The molecule has 0 aliphatic carbocycles. The molecule has 1 saturated heterocycles. The second kappa shape index (κ2) is 9.02. The van der Waals surface area contributed by atoms with Gasteiger partial charge in [0.15, 0.2) is 0 Å². The molecule has 1 aromatic carbocycles. The number of nitrogens with one attached hydrogen (secondary N) is 1. The van der Waals surface area contributed by atoms with Crippen molar-refractivity contribution in [3.63, 3.8) is 0 Å². The predicted octanol–water partition coefficient (Wildman–Crippen LogP) is 2.57. The number of rotatable bonds is 7. The summed E-state index contributed by atoms with van der Waals surface area (Å²) in [4.78, 5) is 16.4. The molecule has 0 spiro atoms.